The van der Waals surface area contributed by atoms with Gasteiger partial charge in [0.15, 0.2) is 0 Å². The molecule has 0 fully saturated rings. The fourth-order valence-electron chi connectivity index (χ4n) is 0.899. The number of aryl methyl sites for hydroxylation is 1. The molecule has 1 aromatic rings. The van der Waals surface area contributed by atoms with Crippen molar-refractivity contribution < 1.29 is 0 Å². The molecule has 12 heavy (non-hydrogen) atoms. The SMILES string of the molecule is CCC(Cl)=Nc1ccccc1C. The molecule has 0 heterocycles. The highest BCUT2D eigenvalue weighted by Gasteiger charge is 1.94. The summed E-state index contributed by atoms with van der Waals surface area (Å²) in [7, 11) is 0. The Balaban J connectivity index is 2.96. The van der Waals surface area contributed by atoms with Crippen molar-refractivity contribution in [2.24, 2.45) is 4.99 Å². The maximum absolute atomic E-state index is 5.82. The van der Waals surface area contributed by atoms with Crippen molar-refractivity contribution in [1.29, 1.82) is 0 Å². The third-order valence-corrected chi connectivity index (χ3v) is 2.00. The molecule has 0 spiro atoms. The Morgan fingerprint density at radius 2 is 2.08 bits per heavy atom. The van der Waals surface area contributed by atoms with E-state index in [9.17, 15) is 0 Å². The van der Waals surface area contributed by atoms with Gasteiger partial charge in [-0.2, -0.15) is 0 Å². The van der Waals surface area contributed by atoms with E-state index in [-0.39, 0.29) is 0 Å². The second-order valence-electron chi connectivity index (χ2n) is 2.63. The van der Waals surface area contributed by atoms with Crippen molar-refractivity contribution >= 4 is 22.5 Å². The highest BCUT2D eigenvalue weighted by molar-refractivity contribution is 6.65. The van der Waals surface area contributed by atoms with Crippen LogP contribution in [0.3, 0.4) is 0 Å². The van der Waals surface area contributed by atoms with E-state index >= 15 is 0 Å². The van der Waals surface area contributed by atoms with E-state index in [1.165, 1.54) is 0 Å². The minimum atomic E-state index is 0.657. The van der Waals surface area contributed by atoms with Gasteiger partial charge >= 0.3 is 0 Å². The lowest BCUT2D eigenvalue weighted by atomic mass is 10.2. The summed E-state index contributed by atoms with van der Waals surface area (Å²) in [4.78, 5) is 4.26. The second kappa shape index (κ2) is 4.27. The first-order chi connectivity index (χ1) is 5.74. The van der Waals surface area contributed by atoms with E-state index in [0.717, 1.165) is 17.7 Å². The average molecular weight is 182 g/mol. The van der Waals surface area contributed by atoms with Crippen LogP contribution in [0.25, 0.3) is 0 Å². The zero-order valence-electron chi connectivity index (χ0n) is 7.34. The van der Waals surface area contributed by atoms with Crippen LogP contribution in [0.2, 0.25) is 0 Å². The summed E-state index contributed by atoms with van der Waals surface area (Å²) >= 11 is 5.82. The first kappa shape index (κ1) is 9.27. The van der Waals surface area contributed by atoms with Crippen LogP contribution in [0.4, 0.5) is 5.69 Å². The maximum atomic E-state index is 5.82. The standard InChI is InChI=1S/C10H12ClN/c1-3-10(11)12-9-7-5-4-6-8(9)2/h4-7H,3H2,1-2H3. The van der Waals surface area contributed by atoms with Crippen LogP contribution in [0.5, 0.6) is 0 Å². The lowest BCUT2D eigenvalue weighted by molar-refractivity contribution is 1.29. The second-order valence-corrected chi connectivity index (χ2v) is 3.06. The normalized spacial score (nSPS) is 11.8. The first-order valence-corrected chi connectivity index (χ1v) is 4.40. The van der Waals surface area contributed by atoms with Crippen molar-refractivity contribution in [3.63, 3.8) is 0 Å². The first-order valence-electron chi connectivity index (χ1n) is 4.02. The zero-order valence-corrected chi connectivity index (χ0v) is 8.10. The van der Waals surface area contributed by atoms with Gasteiger partial charge in [0.25, 0.3) is 0 Å². The van der Waals surface area contributed by atoms with Gasteiger partial charge < -0.3 is 0 Å². The van der Waals surface area contributed by atoms with Crippen LogP contribution < -0.4 is 0 Å². The predicted octanol–water partition coefficient (Wildman–Crippen LogP) is 3.67. The summed E-state index contributed by atoms with van der Waals surface area (Å²) < 4.78 is 0. The molecule has 1 aromatic carbocycles. The third-order valence-electron chi connectivity index (χ3n) is 1.65. The Kier molecular flexibility index (Phi) is 3.30. The van der Waals surface area contributed by atoms with Gasteiger partial charge in [-0.3, -0.25) is 0 Å². The van der Waals surface area contributed by atoms with Crippen LogP contribution in [0, 0.1) is 6.92 Å². The quantitative estimate of drug-likeness (QED) is 0.618. The number of hydrogen-bond acceptors (Lipinski definition) is 1. The molecule has 0 aliphatic carbocycles. The Morgan fingerprint density at radius 3 is 2.67 bits per heavy atom. The molecular weight excluding hydrogens is 170 g/mol. The molecule has 0 atom stereocenters. The minimum absolute atomic E-state index is 0.657. The molecule has 1 nitrogen and oxygen atoms in total. The molecule has 64 valence electrons. The molecule has 0 aliphatic rings. The van der Waals surface area contributed by atoms with Gasteiger partial charge in [-0.15, -0.1) is 0 Å². The largest absolute Gasteiger partial charge is 0.241 e. The fraction of sp³-hybridized carbons (Fsp3) is 0.300. The smallest absolute Gasteiger partial charge is 0.106 e. The highest BCUT2D eigenvalue weighted by atomic mass is 35.5. The molecule has 0 aromatic heterocycles. The monoisotopic (exact) mass is 181 g/mol. The van der Waals surface area contributed by atoms with E-state index in [2.05, 4.69) is 4.99 Å². The van der Waals surface area contributed by atoms with E-state index < -0.39 is 0 Å². The van der Waals surface area contributed by atoms with Gasteiger partial charge in [0.05, 0.1) is 5.69 Å². The Morgan fingerprint density at radius 1 is 1.42 bits per heavy atom. The van der Waals surface area contributed by atoms with Crippen molar-refractivity contribution in [3.8, 4) is 0 Å². The molecule has 0 saturated carbocycles. The summed E-state index contributed by atoms with van der Waals surface area (Å²) in [6.07, 6.45) is 0.788. The van der Waals surface area contributed by atoms with E-state index in [4.69, 9.17) is 11.6 Å². The molecule has 0 bridgehead atoms. The van der Waals surface area contributed by atoms with Gasteiger partial charge in [-0.25, -0.2) is 4.99 Å². The van der Waals surface area contributed by atoms with E-state index in [1.807, 2.05) is 38.1 Å². The summed E-state index contributed by atoms with van der Waals surface area (Å²) in [6, 6.07) is 7.95. The fourth-order valence-corrected chi connectivity index (χ4v) is 0.990. The van der Waals surface area contributed by atoms with Gasteiger partial charge in [-0.05, 0) is 25.0 Å². The van der Waals surface area contributed by atoms with Crippen LogP contribution >= 0.6 is 11.6 Å². The average Bonchev–Trinajstić information content (AvgIpc) is 2.09. The van der Waals surface area contributed by atoms with Crippen molar-refractivity contribution in [1.82, 2.24) is 0 Å². The van der Waals surface area contributed by atoms with Crippen LogP contribution in [-0.2, 0) is 0 Å². The molecule has 2 heteroatoms. The number of aliphatic imine (C=N–C) groups is 1. The zero-order chi connectivity index (χ0) is 8.97. The van der Waals surface area contributed by atoms with Gasteiger partial charge in [0, 0.05) is 0 Å². The van der Waals surface area contributed by atoms with Crippen molar-refractivity contribution in [3.05, 3.63) is 29.8 Å². The molecule has 0 unspecified atom stereocenters. The number of halogens is 1. The molecule has 0 amide bonds. The summed E-state index contributed by atoms with van der Waals surface area (Å²) in [5.74, 6) is 0. The summed E-state index contributed by atoms with van der Waals surface area (Å²) in [5, 5.41) is 0.657. The van der Waals surface area contributed by atoms with Crippen molar-refractivity contribution in [2.75, 3.05) is 0 Å². The molecule has 0 N–H and O–H groups in total. The van der Waals surface area contributed by atoms with Crippen LogP contribution in [0.15, 0.2) is 29.3 Å². The Hall–Kier alpha value is -0.820. The number of benzene rings is 1. The number of rotatable bonds is 2. The lowest BCUT2D eigenvalue weighted by Crippen LogP contribution is -1.82. The molecule has 1 rings (SSSR count). The van der Waals surface area contributed by atoms with E-state index in [1.54, 1.807) is 0 Å². The summed E-state index contributed by atoms with van der Waals surface area (Å²) in [5.41, 5.74) is 2.12. The summed E-state index contributed by atoms with van der Waals surface area (Å²) in [6.45, 7) is 4.02. The topological polar surface area (TPSA) is 12.4 Å². The van der Waals surface area contributed by atoms with Gasteiger partial charge in [0.2, 0.25) is 0 Å². The minimum Gasteiger partial charge on any atom is -0.241 e. The molecule has 0 radical (unpaired) electrons. The Bertz CT molecular complexity index is 292. The maximum Gasteiger partial charge on any atom is 0.106 e. The third kappa shape index (κ3) is 2.35. The van der Waals surface area contributed by atoms with Gasteiger partial charge in [0.1, 0.15) is 5.17 Å². The highest BCUT2D eigenvalue weighted by Crippen LogP contribution is 2.18. The number of nitrogens with zero attached hydrogens (tertiary/aromatic N) is 1. The number of hydrogen-bond donors (Lipinski definition) is 0. The molecule has 0 aliphatic heterocycles. The van der Waals surface area contributed by atoms with Gasteiger partial charge in [-0.1, -0.05) is 36.7 Å². The Labute approximate surface area is 78.1 Å². The number of para-hydroxylation sites is 1. The lowest BCUT2D eigenvalue weighted by Gasteiger charge is -1.98. The molecular formula is C10H12ClN. The molecule has 0 saturated heterocycles. The predicted molar refractivity (Wildman–Crippen MR) is 54.4 cm³/mol. The van der Waals surface area contributed by atoms with Crippen LogP contribution in [-0.4, -0.2) is 5.17 Å². The van der Waals surface area contributed by atoms with Crippen molar-refractivity contribution in [2.45, 2.75) is 20.3 Å². The van der Waals surface area contributed by atoms with Crippen LogP contribution in [0.1, 0.15) is 18.9 Å². The van der Waals surface area contributed by atoms with E-state index in [0.29, 0.717) is 5.17 Å².